The Hall–Kier alpha value is -2.64. The SMILES string of the molecule is CCn1nc(C)c([N+](=O)[O-])c1NCc1cccnc1OC. The minimum absolute atomic E-state index is 0.000271. The molecular formula is C13H17N5O3. The van der Waals surface area contributed by atoms with Crippen molar-refractivity contribution in [1.29, 1.82) is 0 Å². The molecule has 0 bridgehead atoms. The maximum absolute atomic E-state index is 11.2. The van der Waals surface area contributed by atoms with E-state index in [0.29, 0.717) is 30.5 Å². The number of anilines is 1. The van der Waals surface area contributed by atoms with Crippen molar-refractivity contribution < 1.29 is 9.66 Å². The number of ether oxygens (including phenoxy) is 1. The molecule has 0 aliphatic rings. The van der Waals surface area contributed by atoms with E-state index in [1.165, 1.54) is 7.11 Å². The summed E-state index contributed by atoms with van der Waals surface area (Å²) < 4.78 is 6.75. The summed E-state index contributed by atoms with van der Waals surface area (Å²) in [4.78, 5) is 14.9. The molecular weight excluding hydrogens is 274 g/mol. The molecule has 1 N–H and O–H groups in total. The third kappa shape index (κ3) is 2.93. The van der Waals surface area contributed by atoms with Crippen LogP contribution in [-0.2, 0) is 13.1 Å². The van der Waals surface area contributed by atoms with Crippen LogP contribution in [0.3, 0.4) is 0 Å². The van der Waals surface area contributed by atoms with Crippen molar-refractivity contribution in [3.63, 3.8) is 0 Å². The number of nitro groups is 1. The van der Waals surface area contributed by atoms with Gasteiger partial charge in [-0.3, -0.25) is 10.1 Å². The molecule has 0 spiro atoms. The van der Waals surface area contributed by atoms with Crippen LogP contribution in [-0.4, -0.2) is 26.8 Å². The molecule has 0 unspecified atom stereocenters. The quantitative estimate of drug-likeness (QED) is 0.647. The molecule has 2 aromatic heterocycles. The summed E-state index contributed by atoms with van der Waals surface area (Å²) in [7, 11) is 1.54. The molecule has 0 aromatic carbocycles. The third-order valence-electron chi connectivity index (χ3n) is 3.07. The molecule has 8 nitrogen and oxygen atoms in total. The summed E-state index contributed by atoms with van der Waals surface area (Å²) in [6.07, 6.45) is 1.63. The van der Waals surface area contributed by atoms with Gasteiger partial charge >= 0.3 is 5.69 Å². The van der Waals surface area contributed by atoms with Crippen molar-refractivity contribution in [2.45, 2.75) is 26.9 Å². The number of nitrogens with zero attached hydrogens (tertiary/aromatic N) is 4. The summed E-state index contributed by atoms with van der Waals surface area (Å²) in [6.45, 7) is 4.41. The summed E-state index contributed by atoms with van der Waals surface area (Å²) in [6, 6.07) is 3.64. The first-order valence-electron chi connectivity index (χ1n) is 6.52. The second kappa shape index (κ2) is 6.21. The fourth-order valence-corrected chi connectivity index (χ4v) is 2.12. The highest BCUT2D eigenvalue weighted by atomic mass is 16.6. The zero-order valence-corrected chi connectivity index (χ0v) is 12.2. The van der Waals surface area contributed by atoms with Crippen LogP contribution >= 0.6 is 0 Å². The maximum Gasteiger partial charge on any atom is 0.333 e. The second-order valence-corrected chi connectivity index (χ2v) is 4.38. The molecule has 8 heteroatoms. The van der Waals surface area contributed by atoms with Crippen molar-refractivity contribution in [1.82, 2.24) is 14.8 Å². The van der Waals surface area contributed by atoms with Crippen LogP contribution in [0.5, 0.6) is 5.88 Å². The second-order valence-electron chi connectivity index (χ2n) is 4.38. The lowest BCUT2D eigenvalue weighted by atomic mass is 10.2. The Morgan fingerprint density at radius 1 is 1.52 bits per heavy atom. The zero-order chi connectivity index (χ0) is 15.4. The normalized spacial score (nSPS) is 10.4. The van der Waals surface area contributed by atoms with Crippen molar-refractivity contribution in [3.8, 4) is 5.88 Å². The van der Waals surface area contributed by atoms with Crippen LogP contribution in [0.2, 0.25) is 0 Å². The van der Waals surface area contributed by atoms with E-state index in [2.05, 4.69) is 15.4 Å². The molecule has 0 radical (unpaired) electrons. The van der Waals surface area contributed by atoms with E-state index in [4.69, 9.17) is 4.74 Å². The van der Waals surface area contributed by atoms with Gasteiger partial charge in [0.2, 0.25) is 11.7 Å². The Labute approximate surface area is 121 Å². The van der Waals surface area contributed by atoms with E-state index in [9.17, 15) is 10.1 Å². The molecule has 2 rings (SSSR count). The standard InChI is InChI=1S/C13H17N5O3/c1-4-17-12(11(18(19)20)9(2)16-17)15-8-10-6-5-7-14-13(10)21-3/h5-7,15H,4,8H2,1-3H3. The van der Waals surface area contributed by atoms with Crippen LogP contribution in [0.15, 0.2) is 18.3 Å². The zero-order valence-electron chi connectivity index (χ0n) is 12.2. The molecule has 0 aliphatic heterocycles. The van der Waals surface area contributed by atoms with E-state index in [1.54, 1.807) is 23.9 Å². The van der Waals surface area contributed by atoms with Gasteiger partial charge in [-0.2, -0.15) is 5.10 Å². The number of hydrogen-bond acceptors (Lipinski definition) is 6. The van der Waals surface area contributed by atoms with Gasteiger partial charge in [0.25, 0.3) is 0 Å². The van der Waals surface area contributed by atoms with E-state index in [0.717, 1.165) is 5.56 Å². The lowest BCUT2D eigenvalue weighted by Crippen LogP contribution is -2.09. The van der Waals surface area contributed by atoms with Crippen LogP contribution < -0.4 is 10.1 Å². The number of aryl methyl sites for hydroxylation is 2. The molecule has 0 aliphatic carbocycles. The van der Waals surface area contributed by atoms with E-state index < -0.39 is 4.92 Å². The van der Waals surface area contributed by atoms with Gasteiger partial charge in [-0.1, -0.05) is 6.07 Å². The lowest BCUT2D eigenvalue weighted by molar-refractivity contribution is -0.384. The van der Waals surface area contributed by atoms with Gasteiger partial charge in [0.1, 0.15) is 5.69 Å². The fourth-order valence-electron chi connectivity index (χ4n) is 2.12. The summed E-state index contributed by atoms with van der Waals surface area (Å²) in [5.41, 5.74) is 1.21. The van der Waals surface area contributed by atoms with Crippen LogP contribution in [0.1, 0.15) is 18.2 Å². The average Bonchev–Trinajstić information content (AvgIpc) is 2.81. The third-order valence-corrected chi connectivity index (χ3v) is 3.07. The maximum atomic E-state index is 11.2. The molecule has 0 saturated carbocycles. The Bertz CT molecular complexity index is 653. The molecule has 0 fully saturated rings. The predicted octanol–water partition coefficient (Wildman–Crippen LogP) is 2.14. The van der Waals surface area contributed by atoms with Gasteiger partial charge in [0.15, 0.2) is 0 Å². The van der Waals surface area contributed by atoms with E-state index >= 15 is 0 Å². The average molecular weight is 291 g/mol. The molecule has 112 valence electrons. The Kier molecular flexibility index (Phi) is 4.36. The molecule has 21 heavy (non-hydrogen) atoms. The minimum Gasteiger partial charge on any atom is -0.481 e. The van der Waals surface area contributed by atoms with Crippen molar-refractivity contribution >= 4 is 11.5 Å². The predicted molar refractivity (Wildman–Crippen MR) is 77.4 cm³/mol. The molecule has 0 atom stereocenters. The molecule has 2 aromatic rings. The smallest absolute Gasteiger partial charge is 0.333 e. The number of nitrogens with one attached hydrogen (secondary N) is 1. The van der Waals surface area contributed by atoms with Crippen LogP contribution in [0.25, 0.3) is 0 Å². The minimum atomic E-state index is -0.419. The Balaban J connectivity index is 2.29. The first kappa shape index (κ1) is 14.8. The Morgan fingerprint density at radius 3 is 2.90 bits per heavy atom. The fraction of sp³-hybridized carbons (Fsp3) is 0.385. The van der Waals surface area contributed by atoms with Crippen molar-refractivity contribution in [2.24, 2.45) is 0 Å². The monoisotopic (exact) mass is 291 g/mol. The summed E-state index contributed by atoms with van der Waals surface area (Å²) >= 11 is 0. The number of aromatic nitrogens is 3. The molecule has 0 amide bonds. The van der Waals surface area contributed by atoms with E-state index in [1.807, 2.05) is 13.0 Å². The van der Waals surface area contributed by atoms with Gasteiger partial charge in [-0.15, -0.1) is 0 Å². The highest BCUT2D eigenvalue weighted by Gasteiger charge is 2.24. The number of rotatable bonds is 6. The topological polar surface area (TPSA) is 95.1 Å². The molecule has 0 saturated heterocycles. The first-order chi connectivity index (χ1) is 10.1. The van der Waals surface area contributed by atoms with Gasteiger partial charge in [-0.05, 0) is 19.9 Å². The van der Waals surface area contributed by atoms with Crippen molar-refractivity contribution in [2.75, 3.05) is 12.4 Å². The molecule has 2 heterocycles. The van der Waals surface area contributed by atoms with Gasteiger partial charge in [-0.25, -0.2) is 9.67 Å². The lowest BCUT2D eigenvalue weighted by Gasteiger charge is -2.10. The summed E-state index contributed by atoms with van der Waals surface area (Å²) in [5.74, 6) is 0.887. The van der Waals surface area contributed by atoms with Crippen molar-refractivity contribution in [3.05, 3.63) is 39.7 Å². The number of pyridine rings is 1. The largest absolute Gasteiger partial charge is 0.481 e. The number of methoxy groups -OCH3 is 1. The van der Waals surface area contributed by atoms with E-state index in [-0.39, 0.29) is 5.69 Å². The van der Waals surface area contributed by atoms with Crippen LogP contribution in [0, 0.1) is 17.0 Å². The van der Waals surface area contributed by atoms with Crippen LogP contribution in [0.4, 0.5) is 11.5 Å². The first-order valence-corrected chi connectivity index (χ1v) is 6.52. The summed E-state index contributed by atoms with van der Waals surface area (Å²) in [5, 5.41) is 18.4. The highest BCUT2D eigenvalue weighted by molar-refractivity contribution is 5.59. The van der Waals surface area contributed by atoms with Gasteiger partial charge in [0, 0.05) is 24.8 Å². The highest BCUT2D eigenvalue weighted by Crippen LogP contribution is 2.29. The Morgan fingerprint density at radius 2 is 2.29 bits per heavy atom. The van der Waals surface area contributed by atoms with Gasteiger partial charge in [0.05, 0.1) is 12.0 Å². The number of hydrogen-bond donors (Lipinski definition) is 1. The van der Waals surface area contributed by atoms with Gasteiger partial charge < -0.3 is 10.1 Å².